The fourth-order valence-electron chi connectivity index (χ4n) is 4.76. The summed E-state index contributed by atoms with van der Waals surface area (Å²) in [6, 6.07) is 0. The number of carbonyl (C=O) groups excluding carboxylic acids is 1. The Labute approximate surface area is 287 Å². The molecule has 0 fully saturated rings. The van der Waals surface area contributed by atoms with Gasteiger partial charge in [0.15, 0.2) is 0 Å². The van der Waals surface area contributed by atoms with Crippen LogP contribution in [0.4, 0.5) is 0 Å². The number of ketones is 1. The fourth-order valence-corrected chi connectivity index (χ4v) is 4.76. The molecule has 0 spiro atoms. The van der Waals surface area contributed by atoms with E-state index in [1.54, 1.807) is 7.11 Å². The van der Waals surface area contributed by atoms with Crippen molar-refractivity contribution in [2.75, 3.05) is 7.11 Å². The second-order valence-electron chi connectivity index (χ2n) is 13.0. The molecule has 0 unspecified atom stereocenters. The summed E-state index contributed by atoms with van der Waals surface area (Å²) in [5, 5.41) is 47.4. The fraction of sp³-hybridized carbons (Fsp3) is 0.974. The summed E-state index contributed by atoms with van der Waals surface area (Å²) in [5.74, 6) is 0.213. The van der Waals surface area contributed by atoms with Crippen LogP contribution in [0.25, 0.3) is 0 Å². The van der Waals surface area contributed by atoms with Gasteiger partial charge in [-0.3, -0.25) is 4.79 Å². The largest absolute Gasteiger partial charge is 0.439 e. The van der Waals surface area contributed by atoms with Crippen LogP contribution >= 0.6 is 0 Å². The van der Waals surface area contributed by atoms with Crippen LogP contribution in [0.1, 0.15) is 190 Å². The molecule has 5 atom stereocenters. The molecule has 0 aromatic heterocycles. The second kappa shape index (κ2) is 42.5. The van der Waals surface area contributed by atoms with Gasteiger partial charge in [-0.2, -0.15) is 0 Å². The summed E-state index contributed by atoms with van der Waals surface area (Å²) in [6.07, 6.45) is 19.7. The second-order valence-corrected chi connectivity index (χ2v) is 13.0. The zero-order valence-corrected chi connectivity index (χ0v) is 32.3. The normalized spacial score (nSPS) is 13.9. The molecule has 0 radical (unpaired) electrons. The summed E-state index contributed by atoms with van der Waals surface area (Å²) in [6.45, 7) is 17.4. The minimum atomic E-state index is -0.399. The van der Waals surface area contributed by atoms with Crippen molar-refractivity contribution < 1.29 is 35.0 Å². The van der Waals surface area contributed by atoms with E-state index in [4.69, 9.17) is 4.65 Å². The quantitative estimate of drug-likeness (QED) is 0.0555. The third-order valence-corrected chi connectivity index (χ3v) is 8.06. The van der Waals surface area contributed by atoms with E-state index in [1.807, 2.05) is 0 Å². The van der Waals surface area contributed by atoms with Crippen LogP contribution in [0.15, 0.2) is 0 Å². The molecule has 0 aromatic rings. The van der Waals surface area contributed by atoms with Gasteiger partial charge >= 0.3 is 0 Å². The molecule has 8 heteroatoms. The van der Waals surface area contributed by atoms with Crippen molar-refractivity contribution in [1.29, 1.82) is 0 Å². The molecule has 0 saturated heterocycles. The van der Waals surface area contributed by atoms with Crippen LogP contribution in [-0.2, 0) is 9.45 Å². The molecule has 0 saturated carbocycles. The van der Waals surface area contributed by atoms with Gasteiger partial charge in [0.25, 0.3) is 6.92 Å². The monoisotopic (exact) mass is 663 g/mol. The number of carbonyl (C=O) groups is 1. The summed E-state index contributed by atoms with van der Waals surface area (Å²) in [5.41, 5.74) is 0. The van der Waals surface area contributed by atoms with Gasteiger partial charge in [-0.05, 0) is 51.4 Å². The van der Waals surface area contributed by atoms with Crippen molar-refractivity contribution in [3.8, 4) is 0 Å². The summed E-state index contributed by atoms with van der Waals surface area (Å²) >= 11 is 0. The lowest BCUT2D eigenvalue weighted by Crippen LogP contribution is -2.17. The van der Waals surface area contributed by atoms with Crippen molar-refractivity contribution in [2.45, 2.75) is 233 Å². The number of aliphatic hydroxyl groups is 5. The Morgan fingerprint density at radius 2 is 0.783 bits per heavy atom. The molecule has 0 aliphatic carbocycles. The lowest BCUT2D eigenvalue weighted by Gasteiger charge is -2.14. The Kier molecular flexibility index (Phi) is 48.4. The Bertz CT molecular complexity index is 508. The smallest absolute Gasteiger partial charge is 0.292 e. The van der Waals surface area contributed by atoms with E-state index in [-0.39, 0.29) is 30.2 Å². The Morgan fingerprint density at radius 3 is 1.00 bits per heavy atom. The van der Waals surface area contributed by atoms with E-state index in [1.165, 1.54) is 0 Å². The van der Waals surface area contributed by atoms with Gasteiger partial charge in [0.05, 0.1) is 30.5 Å². The van der Waals surface area contributed by atoms with E-state index in [0.717, 1.165) is 122 Å². The lowest BCUT2D eigenvalue weighted by atomic mass is 9.63. The molecule has 7 nitrogen and oxygen atoms in total. The van der Waals surface area contributed by atoms with Crippen molar-refractivity contribution >= 4 is 12.7 Å². The molecule has 0 bridgehead atoms. The molecule has 0 aliphatic heterocycles. The minimum absolute atomic E-state index is 0.213. The van der Waals surface area contributed by atoms with E-state index >= 15 is 0 Å². The molecule has 0 heterocycles. The van der Waals surface area contributed by atoms with Gasteiger partial charge in [0, 0.05) is 20.0 Å². The van der Waals surface area contributed by atoms with Gasteiger partial charge in [-0.15, -0.1) is 0 Å². The number of hydrogen-bond donors (Lipinski definition) is 5. The highest BCUT2D eigenvalue weighted by Crippen LogP contribution is 2.12. The Balaban J connectivity index is -0.000000261. The van der Waals surface area contributed by atoms with Crippen LogP contribution in [0.3, 0.4) is 0 Å². The molecular weight excluding hydrogens is 579 g/mol. The number of aliphatic hydroxyl groups excluding tert-OH is 5. The zero-order valence-electron chi connectivity index (χ0n) is 32.3. The van der Waals surface area contributed by atoms with Gasteiger partial charge in [-0.25, -0.2) is 0 Å². The highest BCUT2D eigenvalue weighted by Gasteiger charge is 2.12. The molecule has 5 N–H and O–H groups in total. The first-order valence-corrected chi connectivity index (χ1v) is 19.4. The Morgan fingerprint density at radius 1 is 0.500 bits per heavy atom. The first kappa shape index (κ1) is 52.3. The van der Waals surface area contributed by atoms with Crippen LogP contribution in [0.5, 0.6) is 0 Å². The topological polar surface area (TPSA) is 127 Å². The van der Waals surface area contributed by atoms with Crippen LogP contribution in [0, 0.1) is 0 Å². The SMILES string of the molecule is CCB(CC)OC.CCCCC(=O)C[C@H](O)CCCC.CCCC[C@@H](O)C[C@@H](O)CCCC.CCCC[C@@H](O)C[C@H](O)CCCC. The van der Waals surface area contributed by atoms with E-state index in [0.29, 0.717) is 32.6 Å². The van der Waals surface area contributed by atoms with Crippen LogP contribution in [-0.4, -0.2) is 75.9 Å². The molecule has 0 aromatic carbocycles. The van der Waals surface area contributed by atoms with Crippen molar-refractivity contribution in [2.24, 2.45) is 0 Å². The number of rotatable bonds is 27. The average molecular weight is 663 g/mol. The lowest BCUT2D eigenvalue weighted by molar-refractivity contribution is -0.121. The highest BCUT2D eigenvalue weighted by atomic mass is 16.4. The van der Waals surface area contributed by atoms with E-state index in [9.17, 15) is 30.3 Å². The molecule has 0 amide bonds. The highest BCUT2D eigenvalue weighted by molar-refractivity contribution is 6.51. The van der Waals surface area contributed by atoms with Gasteiger partial charge in [0.2, 0.25) is 0 Å². The van der Waals surface area contributed by atoms with E-state index in [2.05, 4.69) is 55.4 Å². The molecule has 0 aliphatic rings. The van der Waals surface area contributed by atoms with Crippen LogP contribution < -0.4 is 0 Å². The van der Waals surface area contributed by atoms with Crippen molar-refractivity contribution in [3.63, 3.8) is 0 Å². The third-order valence-electron chi connectivity index (χ3n) is 8.06. The molecule has 280 valence electrons. The Hall–Kier alpha value is -0.505. The van der Waals surface area contributed by atoms with Gasteiger partial charge < -0.3 is 30.2 Å². The molecule has 46 heavy (non-hydrogen) atoms. The predicted molar refractivity (Wildman–Crippen MR) is 200 cm³/mol. The summed E-state index contributed by atoms with van der Waals surface area (Å²) in [4.78, 5) is 11.2. The minimum Gasteiger partial charge on any atom is -0.439 e. The number of Topliss-reactive ketones (excluding diaryl/α,β-unsaturated/α-hetero) is 1. The van der Waals surface area contributed by atoms with Crippen LogP contribution in [0.2, 0.25) is 12.6 Å². The molecular formula is C38H83BO7. The first-order chi connectivity index (χ1) is 22.0. The number of hydrogen-bond acceptors (Lipinski definition) is 7. The predicted octanol–water partition coefficient (Wildman–Crippen LogP) is 9.31. The van der Waals surface area contributed by atoms with Crippen molar-refractivity contribution in [3.05, 3.63) is 0 Å². The maximum atomic E-state index is 11.2. The summed E-state index contributed by atoms with van der Waals surface area (Å²) < 4.78 is 5.05. The maximum Gasteiger partial charge on any atom is 0.292 e. The standard InChI is InChI=1S/2C11H24O2.C11H22O2.C5H13BO/c3*1-3-5-7-10(12)9-11(13)8-6-4-2;1-4-6(5-2)7-3/h2*10-13H,3-9H2,1-2H3;10,12H,3-9H2,1-2H3;4-5H2,1-3H3/t10-,11+;10-,11-;10-;/m.11./s1. The maximum absolute atomic E-state index is 11.2. The van der Waals surface area contributed by atoms with E-state index < -0.39 is 6.10 Å². The average Bonchev–Trinajstić information content (AvgIpc) is 3.04. The number of unbranched alkanes of at least 4 members (excludes halogenated alkanes) is 6. The van der Waals surface area contributed by atoms with Gasteiger partial charge in [0.1, 0.15) is 5.78 Å². The third kappa shape index (κ3) is 45.6. The molecule has 0 rings (SSSR count). The zero-order chi connectivity index (χ0) is 36.0. The van der Waals surface area contributed by atoms with Gasteiger partial charge in [-0.1, -0.05) is 139 Å². The summed E-state index contributed by atoms with van der Waals surface area (Å²) in [7, 11) is 1.76. The first-order valence-electron chi connectivity index (χ1n) is 19.4. The van der Waals surface area contributed by atoms with Crippen molar-refractivity contribution in [1.82, 2.24) is 0 Å².